The predicted molar refractivity (Wildman–Crippen MR) is 71.0 cm³/mol. The minimum absolute atomic E-state index is 0.00201. The van der Waals surface area contributed by atoms with E-state index in [1.165, 1.54) is 12.1 Å². The first-order valence-corrected chi connectivity index (χ1v) is 6.40. The van der Waals surface area contributed by atoms with Gasteiger partial charge in [0, 0.05) is 6.61 Å². The molecule has 5 nitrogen and oxygen atoms in total. The largest absolute Gasteiger partial charge is 0.478 e. The minimum Gasteiger partial charge on any atom is -0.478 e. The number of nitrogens with one attached hydrogen (secondary N) is 1. The fourth-order valence-electron chi connectivity index (χ4n) is 1.87. The number of carbonyl (C=O) groups is 2. The maximum atomic E-state index is 11.9. The average molecular weight is 304 g/mol. The van der Waals surface area contributed by atoms with E-state index >= 15 is 0 Å². The summed E-state index contributed by atoms with van der Waals surface area (Å²) in [6.07, 6.45) is 0.830. The molecule has 1 aliphatic heterocycles. The number of carboxylic acids is 1. The van der Waals surface area contributed by atoms with Crippen LogP contribution < -0.4 is 5.32 Å². The molecule has 0 aliphatic carbocycles. The number of ether oxygens (including phenoxy) is 1. The fraction of sp³-hybridized carbons (Fsp3) is 0.333. The van der Waals surface area contributed by atoms with Gasteiger partial charge >= 0.3 is 5.97 Å². The number of benzene rings is 1. The number of rotatable bonds is 3. The number of hydrogen-bond donors (Lipinski definition) is 2. The SMILES string of the molecule is O=C(O)c1c(Cl)ccc(Cl)c1NC(=O)[C@H]1CCCO1. The lowest BCUT2D eigenvalue weighted by atomic mass is 10.1. The van der Waals surface area contributed by atoms with Gasteiger partial charge in [0.1, 0.15) is 11.7 Å². The first-order chi connectivity index (χ1) is 9.00. The highest BCUT2D eigenvalue weighted by molar-refractivity contribution is 6.38. The summed E-state index contributed by atoms with van der Waals surface area (Å²) in [6, 6.07) is 2.80. The zero-order chi connectivity index (χ0) is 14.0. The molecular formula is C12H11Cl2NO4. The zero-order valence-corrected chi connectivity index (χ0v) is 11.3. The molecule has 1 aromatic carbocycles. The molecule has 19 heavy (non-hydrogen) atoms. The van der Waals surface area contributed by atoms with E-state index in [1.54, 1.807) is 0 Å². The Labute approximate surface area is 119 Å². The number of carboxylic acid groups (broad SMARTS) is 1. The van der Waals surface area contributed by atoms with Gasteiger partial charge < -0.3 is 15.2 Å². The highest BCUT2D eigenvalue weighted by atomic mass is 35.5. The summed E-state index contributed by atoms with van der Waals surface area (Å²) in [5.41, 5.74) is -0.220. The minimum atomic E-state index is -1.25. The molecule has 1 saturated heterocycles. The molecule has 1 heterocycles. The van der Waals surface area contributed by atoms with Crippen LogP contribution in [0.1, 0.15) is 23.2 Å². The van der Waals surface area contributed by atoms with Crippen LogP contribution in [0.5, 0.6) is 0 Å². The lowest BCUT2D eigenvalue weighted by molar-refractivity contribution is -0.124. The molecule has 0 saturated carbocycles. The van der Waals surface area contributed by atoms with Crippen LogP contribution in [0.4, 0.5) is 5.69 Å². The summed E-state index contributed by atoms with van der Waals surface area (Å²) in [5.74, 6) is -1.67. The van der Waals surface area contributed by atoms with Crippen molar-refractivity contribution in [3.8, 4) is 0 Å². The van der Waals surface area contributed by atoms with E-state index in [0.29, 0.717) is 13.0 Å². The summed E-state index contributed by atoms with van der Waals surface area (Å²) in [5, 5.41) is 11.7. The molecule has 1 atom stereocenters. The Bertz CT molecular complexity index is 527. The molecule has 102 valence electrons. The summed E-state index contributed by atoms with van der Waals surface area (Å²) in [6.45, 7) is 0.521. The first kappa shape index (κ1) is 14.1. The topological polar surface area (TPSA) is 75.6 Å². The van der Waals surface area contributed by atoms with Gasteiger partial charge in [-0.15, -0.1) is 0 Å². The van der Waals surface area contributed by atoms with Gasteiger partial charge in [0.2, 0.25) is 0 Å². The second-order valence-electron chi connectivity index (χ2n) is 4.08. The Hall–Kier alpha value is -1.30. The van der Waals surface area contributed by atoms with Crippen LogP contribution in [0.2, 0.25) is 10.0 Å². The van der Waals surface area contributed by atoms with Gasteiger partial charge in [0.05, 0.1) is 15.7 Å². The molecule has 2 N–H and O–H groups in total. The van der Waals surface area contributed by atoms with Crippen molar-refractivity contribution in [2.45, 2.75) is 18.9 Å². The van der Waals surface area contributed by atoms with E-state index < -0.39 is 18.0 Å². The Morgan fingerprint density at radius 2 is 2.00 bits per heavy atom. The van der Waals surface area contributed by atoms with Crippen molar-refractivity contribution >= 4 is 40.8 Å². The fourth-order valence-corrected chi connectivity index (χ4v) is 2.31. The van der Waals surface area contributed by atoms with Gasteiger partial charge in [0.15, 0.2) is 0 Å². The smallest absolute Gasteiger partial charge is 0.339 e. The third-order valence-corrected chi connectivity index (χ3v) is 3.42. The second-order valence-corrected chi connectivity index (χ2v) is 4.89. The summed E-state index contributed by atoms with van der Waals surface area (Å²) in [4.78, 5) is 23.1. The van der Waals surface area contributed by atoms with E-state index in [-0.39, 0.29) is 21.3 Å². The maximum absolute atomic E-state index is 11.9. The third kappa shape index (κ3) is 3.00. The van der Waals surface area contributed by atoms with Gasteiger partial charge in [-0.25, -0.2) is 4.79 Å². The molecular weight excluding hydrogens is 293 g/mol. The quantitative estimate of drug-likeness (QED) is 0.900. The van der Waals surface area contributed by atoms with Crippen LogP contribution in [0.25, 0.3) is 0 Å². The number of aromatic carboxylic acids is 1. The van der Waals surface area contributed by atoms with Crippen molar-refractivity contribution < 1.29 is 19.4 Å². The van der Waals surface area contributed by atoms with Gasteiger partial charge in [-0.1, -0.05) is 23.2 Å². The average Bonchev–Trinajstić information content (AvgIpc) is 2.87. The lowest BCUT2D eigenvalue weighted by Gasteiger charge is -2.14. The van der Waals surface area contributed by atoms with Crippen LogP contribution in [0.3, 0.4) is 0 Å². The molecule has 1 amide bonds. The number of amides is 1. The molecule has 1 fully saturated rings. The van der Waals surface area contributed by atoms with Crippen molar-refractivity contribution in [3.63, 3.8) is 0 Å². The van der Waals surface area contributed by atoms with Crippen LogP contribution >= 0.6 is 23.2 Å². The maximum Gasteiger partial charge on any atom is 0.339 e. The normalized spacial score (nSPS) is 18.3. The Morgan fingerprint density at radius 3 is 2.58 bits per heavy atom. The van der Waals surface area contributed by atoms with Crippen LogP contribution in [0, 0.1) is 0 Å². The summed E-state index contributed by atoms with van der Waals surface area (Å²) >= 11 is 11.7. The summed E-state index contributed by atoms with van der Waals surface area (Å²) in [7, 11) is 0. The van der Waals surface area contributed by atoms with Crippen molar-refractivity contribution in [2.24, 2.45) is 0 Å². The lowest BCUT2D eigenvalue weighted by Crippen LogP contribution is -2.28. The van der Waals surface area contributed by atoms with Crippen LogP contribution in [0.15, 0.2) is 12.1 Å². The van der Waals surface area contributed by atoms with Crippen LogP contribution in [-0.2, 0) is 9.53 Å². The molecule has 0 bridgehead atoms. The van der Waals surface area contributed by atoms with Crippen molar-refractivity contribution in [3.05, 3.63) is 27.7 Å². The molecule has 0 unspecified atom stereocenters. The van der Waals surface area contributed by atoms with E-state index in [4.69, 9.17) is 33.0 Å². The molecule has 2 rings (SSSR count). The zero-order valence-electron chi connectivity index (χ0n) is 9.78. The molecule has 0 aromatic heterocycles. The van der Waals surface area contributed by atoms with E-state index in [2.05, 4.69) is 5.32 Å². The van der Waals surface area contributed by atoms with Crippen molar-refractivity contribution in [2.75, 3.05) is 11.9 Å². The number of hydrogen-bond acceptors (Lipinski definition) is 3. The molecule has 7 heteroatoms. The number of halogens is 2. The van der Waals surface area contributed by atoms with Gasteiger partial charge in [-0.05, 0) is 25.0 Å². The predicted octanol–water partition coefficient (Wildman–Crippen LogP) is 2.81. The molecule has 0 radical (unpaired) electrons. The highest BCUT2D eigenvalue weighted by Crippen LogP contribution is 2.32. The van der Waals surface area contributed by atoms with E-state index in [9.17, 15) is 9.59 Å². The molecule has 1 aliphatic rings. The van der Waals surface area contributed by atoms with E-state index in [1.807, 2.05) is 0 Å². The van der Waals surface area contributed by atoms with Crippen molar-refractivity contribution in [1.29, 1.82) is 0 Å². The summed E-state index contributed by atoms with van der Waals surface area (Å²) < 4.78 is 5.22. The van der Waals surface area contributed by atoms with Crippen molar-refractivity contribution in [1.82, 2.24) is 0 Å². The number of anilines is 1. The first-order valence-electron chi connectivity index (χ1n) is 5.64. The molecule has 1 aromatic rings. The standard InChI is InChI=1S/C12H11Cl2NO4/c13-6-3-4-7(14)10(9(6)12(17)18)15-11(16)8-2-1-5-19-8/h3-4,8H,1-2,5H2,(H,15,16)(H,17,18)/t8-/m1/s1. The Balaban J connectivity index is 2.30. The number of carbonyl (C=O) groups excluding carboxylic acids is 1. The monoisotopic (exact) mass is 303 g/mol. The second kappa shape index (κ2) is 5.77. The molecule has 0 spiro atoms. The third-order valence-electron chi connectivity index (χ3n) is 2.79. The van der Waals surface area contributed by atoms with Crippen LogP contribution in [-0.4, -0.2) is 29.7 Å². The van der Waals surface area contributed by atoms with E-state index in [0.717, 1.165) is 6.42 Å². The van der Waals surface area contributed by atoms with Gasteiger partial charge in [-0.3, -0.25) is 4.79 Å². The van der Waals surface area contributed by atoms with Gasteiger partial charge in [0.25, 0.3) is 5.91 Å². The Kier molecular flexibility index (Phi) is 4.29. The Morgan fingerprint density at radius 1 is 1.32 bits per heavy atom. The highest BCUT2D eigenvalue weighted by Gasteiger charge is 2.26. The van der Waals surface area contributed by atoms with Gasteiger partial charge in [-0.2, -0.15) is 0 Å².